The van der Waals surface area contributed by atoms with Gasteiger partial charge in [0.1, 0.15) is 22.5 Å². The summed E-state index contributed by atoms with van der Waals surface area (Å²) in [7, 11) is -1.88. The lowest BCUT2D eigenvalue weighted by atomic mass is 9.43. The van der Waals surface area contributed by atoms with E-state index in [9.17, 15) is 33.8 Å². The standard InChI is InChI=1S/C30H44BNO8S.C12H13BO5S.C2H3ClOS/c1-27(2,3)37-24(33)19-13-11-12-17(23(19)36-26(35)38-28(4,5)6)14-22(32-25(34)41-10)31-39-21-16-18-15-20(29(18,7)8)30(21,9)40-31;1-19-10(14)6-8-5-7-3-2-4-9(12(15)16)11(7)18-13(8)17;1-5-2(3)4/h11-13,18,20-22H,14-16H2,1-10H3,(H,32,34);2-4,8,17H,5-6H2,1H3,(H,15,16);1H3/t18-,20-,21?,22-,30-;8-;/m01./s1. The van der Waals surface area contributed by atoms with Crippen molar-refractivity contribution in [1.29, 1.82) is 0 Å². The topological polar surface area (TPSA) is 210 Å². The quantitative estimate of drug-likeness (QED) is 0.0925. The van der Waals surface area contributed by atoms with Crippen LogP contribution in [-0.2, 0) is 36.4 Å². The second-order valence-corrected chi connectivity index (χ2v) is 21.9. The number of benzene rings is 2. The van der Waals surface area contributed by atoms with Crippen LogP contribution in [0.1, 0.15) is 113 Å². The summed E-state index contributed by atoms with van der Waals surface area (Å²) >= 11 is 7.95. The number of ether oxygens (including phenoxy) is 3. The Balaban J connectivity index is 0.000000318. The SMILES string of the molecule is CSC(=O)C[C@H]1Cc2cccc(C(=O)O)c2OB1O.CSC(=O)Cl.CSC(=O)N[C@@H](Cc1cccc(C(=O)OC(C)(C)C)c1OC(=O)OC(C)(C)C)B1OC2C[C@@H]3C[C@@H](C3(C)C)[C@]2(C)O1. The Bertz CT molecular complexity index is 2100. The average Bonchev–Trinajstić information content (AvgIpc) is 3.57. The minimum atomic E-state index is -1.15. The van der Waals surface area contributed by atoms with E-state index in [0.717, 1.165) is 48.1 Å². The highest BCUT2D eigenvalue weighted by atomic mass is 35.5. The van der Waals surface area contributed by atoms with Gasteiger partial charge in [-0.2, -0.15) is 0 Å². The summed E-state index contributed by atoms with van der Waals surface area (Å²) < 4.78 is 34.8. The molecule has 2 heterocycles. The number of esters is 1. The number of hydrogen-bond acceptors (Lipinski definition) is 16. The van der Waals surface area contributed by atoms with Gasteiger partial charge in [-0.3, -0.25) is 14.4 Å². The number of carboxylic acids is 1. The first-order valence-corrected chi connectivity index (χ1v) is 25.1. The van der Waals surface area contributed by atoms with Crippen LogP contribution < -0.4 is 14.7 Å². The van der Waals surface area contributed by atoms with E-state index in [2.05, 4.69) is 26.1 Å². The zero-order valence-corrected chi connectivity index (χ0v) is 42.1. The first kappa shape index (κ1) is 54.2. The van der Waals surface area contributed by atoms with Crippen molar-refractivity contribution in [1.82, 2.24) is 5.32 Å². The molecule has 5 aliphatic rings. The van der Waals surface area contributed by atoms with Gasteiger partial charge in [-0.1, -0.05) is 73.4 Å². The Morgan fingerprint density at radius 2 is 1.52 bits per heavy atom. The number of rotatable bonds is 9. The smallest absolute Gasteiger partial charge is 0.526 e. The first-order chi connectivity index (χ1) is 30.1. The van der Waals surface area contributed by atoms with Crippen LogP contribution in [0.25, 0.3) is 0 Å². The molecule has 1 unspecified atom stereocenters. The van der Waals surface area contributed by atoms with E-state index < -0.39 is 55.1 Å². The van der Waals surface area contributed by atoms with Gasteiger partial charge >= 0.3 is 32.3 Å². The van der Waals surface area contributed by atoms with E-state index in [4.69, 9.17) is 44.9 Å². The van der Waals surface area contributed by atoms with E-state index in [1.165, 1.54) is 6.07 Å². The summed E-state index contributed by atoms with van der Waals surface area (Å²) in [5.41, 5.74) is -0.556. The number of halogens is 1. The maximum absolute atomic E-state index is 13.2. The Labute approximate surface area is 399 Å². The van der Waals surface area contributed by atoms with Crippen molar-refractivity contribution < 1.29 is 67.1 Å². The van der Waals surface area contributed by atoms with Gasteiger partial charge in [0.05, 0.1) is 23.2 Å². The van der Waals surface area contributed by atoms with Crippen LogP contribution in [0.5, 0.6) is 11.5 Å². The van der Waals surface area contributed by atoms with Crippen LogP contribution in [0, 0.1) is 17.3 Å². The maximum Gasteiger partial charge on any atom is 0.526 e. The van der Waals surface area contributed by atoms with Crippen molar-refractivity contribution in [2.75, 3.05) is 18.8 Å². The fourth-order valence-corrected chi connectivity index (χ4v) is 9.22. The van der Waals surface area contributed by atoms with Gasteiger partial charge in [-0.15, -0.1) is 0 Å². The lowest BCUT2D eigenvalue weighted by Crippen LogP contribution is -2.65. The van der Waals surface area contributed by atoms with Crippen LogP contribution in [0.4, 0.5) is 14.4 Å². The third-order valence-electron chi connectivity index (χ3n) is 11.8. The minimum absolute atomic E-state index is 0.0180. The minimum Gasteiger partial charge on any atom is -0.535 e. The van der Waals surface area contributed by atoms with Crippen molar-refractivity contribution in [3.8, 4) is 11.5 Å². The van der Waals surface area contributed by atoms with E-state index >= 15 is 0 Å². The van der Waals surface area contributed by atoms with Crippen LogP contribution in [-0.4, -0.2) is 105 Å². The number of para-hydroxylation sites is 2. The number of amides is 1. The highest BCUT2D eigenvalue weighted by Gasteiger charge is 2.68. The lowest BCUT2D eigenvalue weighted by molar-refractivity contribution is -0.199. The van der Waals surface area contributed by atoms with Gasteiger partial charge in [-0.25, -0.2) is 14.4 Å². The van der Waals surface area contributed by atoms with Crippen LogP contribution in [0.2, 0.25) is 5.82 Å². The number of carbonyl (C=O) groups is 6. The second kappa shape index (κ2) is 22.1. The van der Waals surface area contributed by atoms with E-state index in [-0.39, 0.29) is 67.7 Å². The van der Waals surface area contributed by atoms with Crippen molar-refractivity contribution in [2.24, 2.45) is 17.3 Å². The van der Waals surface area contributed by atoms with Crippen LogP contribution in [0.15, 0.2) is 36.4 Å². The zero-order chi connectivity index (χ0) is 48.8. The van der Waals surface area contributed by atoms with E-state index in [1.54, 1.807) is 90.6 Å². The van der Waals surface area contributed by atoms with Gasteiger partial charge in [0.15, 0.2) is 10.9 Å². The number of carbonyl (C=O) groups excluding carboxylic acids is 5. The van der Waals surface area contributed by atoms with Gasteiger partial charge in [0.25, 0.3) is 9.81 Å². The molecule has 1 amide bonds. The molecule has 21 heteroatoms. The Kier molecular flexibility index (Phi) is 18.5. The molecule has 7 rings (SSSR count). The maximum atomic E-state index is 13.2. The highest BCUT2D eigenvalue weighted by Crippen LogP contribution is 2.65. The normalized spacial score (nSPS) is 22.9. The first-order valence-electron chi connectivity index (χ1n) is 21.1. The summed E-state index contributed by atoms with van der Waals surface area (Å²) in [6, 6.07) is 9.80. The molecule has 2 aromatic carbocycles. The molecule has 0 aromatic heterocycles. The number of carboxylic acid groups (broad SMARTS) is 1. The van der Waals surface area contributed by atoms with Gasteiger partial charge in [0, 0.05) is 12.2 Å². The third kappa shape index (κ3) is 14.1. The van der Waals surface area contributed by atoms with E-state index in [1.807, 2.05) is 0 Å². The zero-order valence-electron chi connectivity index (χ0n) is 38.9. The lowest BCUT2D eigenvalue weighted by Gasteiger charge is -2.64. The average molecular weight is 980 g/mol. The molecule has 1 saturated heterocycles. The van der Waals surface area contributed by atoms with Crippen molar-refractivity contribution >= 4 is 94.1 Å². The molecule has 0 spiro atoms. The predicted molar refractivity (Wildman–Crippen MR) is 255 cm³/mol. The molecular formula is C44H60B2ClNO14S3. The molecule has 2 bridgehead atoms. The molecule has 15 nitrogen and oxygen atoms in total. The number of aromatic carboxylic acids is 1. The Hall–Kier alpha value is -3.39. The van der Waals surface area contributed by atoms with Crippen LogP contribution >= 0.6 is 46.9 Å². The molecule has 356 valence electrons. The molecule has 3 N–H and O–H groups in total. The van der Waals surface area contributed by atoms with Crippen LogP contribution in [0.3, 0.4) is 0 Å². The van der Waals surface area contributed by atoms with Crippen molar-refractivity contribution in [3.05, 3.63) is 58.7 Å². The molecule has 65 heavy (non-hydrogen) atoms. The fourth-order valence-electron chi connectivity index (χ4n) is 8.57. The molecule has 6 atom stereocenters. The summed E-state index contributed by atoms with van der Waals surface area (Å²) in [6.45, 7) is 17.2. The molecular weight excluding hydrogens is 920 g/mol. The van der Waals surface area contributed by atoms with Gasteiger partial charge < -0.3 is 43.6 Å². The fraction of sp³-hybridized carbons (Fsp3) is 0.591. The largest absolute Gasteiger partial charge is 0.535 e. The number of thioether (sulfide) groups is 3. The summed E-state index contributed by atoms with van der Waals surface area (Å²) in [6.07, 6.45) is 6.81. The highest BCUT2D eigenvalue weighted by molar-refractivity contribution is 8.15. The summed E-state index contributed by atoms with van der Waals surface area (Å²) in [4.78, 5) is 70.7. The van der Waals surface area contributed by atoms with Gasteiger partial charge in [0.2, 0.25) is 0 Å². The molecule has 2 aromatic rings. The predicted octanol–water partition coefficient (Wildman–Crippen LogP) is 9.37. The third-order valence-corrected chi connectivity index (χ3v) is 13.7. The van der Waals surface area contributed by atoms with E-state index in [0.29, 0.717) is 29.4 Å². The second-order valence-electron chi connectivity index (χ2n) is 18.9. The number of fused-ring (bicyclic) bond motifs is 1. The molecule has 3 aliphatic carbocycles. The number of nitrogens with one attached hydrogen (secondary N) is 1. The Morgan fingerprint density at radius 3 is 2.08 bits per heavy atom. The van der Waals surface area contributed by atoms with Crippen molar-refractivity contribution in [3.63, 3.8) is 0 Å². The molecule has 2 aliphatic heterocycles. The molecule has 3 saturated carbocycles. The summed E-state index contributed by atoms with van der Waals surface area (Å²) in [5.74, 6) is -1.54. The Morgan fingerprint density at radius 1 is 0.908 bits per heavy atom. The molecule has 0 radical (unpaired) electrons. The van der Waals surface area contributed by atoms with Crippen molar-refractivity contribution in [2.45, 2.75) is 129 Å². The monoisotopic (exact) mass is 979 g/mol. The van der Waals surface area contributed by atoms with Gasteiger partial charge in [-0.05, 0) is 145 Å². The molecule has 4 fully saturated rings. The number of hydrogen-bond donors (Lipinski definition) is 3. The summed E-state index contributed by atoms with van der Waals surface area (Å²) in [5, 5.41) is 21.7.